The molecule has 3 aliphatic rings. The fourth-order valence-corrected chi connectivity index (χ4v) is 3.36. The molecule has 8 nitrogen and oxygen atoms in total. The number of hydrogen-bond donors (Lipinski definition) is 1. The number of aromatic nitrogens is 1. The molecule has 1 fully saturated rings. The first-order valence-electron chi connectivity index (χ1n) is 9.80. The maximum Gasteiger partial charge on any atom is 0.415 e. The van der Waals surface area contributed by atoms with Crippen molar-refractivity contribution in [1.29, 1.82) is 0 Å². The van der Waals surface area contributed by atoms with Gasteiger partial charge in [-0.25, -0.2) is 14.6 Å². The van der Waals surface area contributed by atoms with E-state index >= 15 is 0 Å². The van der Waals surface area contributed by atoms with Crippen LogP contribution in [-0.2, 0) is 16.0 Å². The van der Waals surface area contributed by atoms with Crippen molar-refractivity contribution in [2.45, 2.75) is 32.4 Å². The van der Waals surface area contributed by atoms with Crippen molar-refractivity contribution < 1.29 is 28.2 Å². The van der Waals surface area contributed by atoms with Crippen LogP contribution in [0.4, 0.5) is 4.79 Å². The Bertz CT molecular complexity index is 1200. The Morgan fingerprint density at radius 1 is 1.16 bits per heavy atom. The van der Waals surface area contributed by atoms with Crippen molar-refractivity contribution in [3.8, 4) is 11.5 Å². The summed E-state index contributed by atoms with van der Waals surface area (Å²) >= 11 is 0. The summed E-state index contributed by atoms with van der Waals surface area (Å²) in [4.78, 5) is 26.5. The van der Waals surface area contributed by atoms with Crippen LogP contribution in [-0.4, -0.2) is 30.2 Å². The van der Waals surface area contributed by atoms with E-state index in [1.807, 2.05) is 44.2 Å². The number of nitrogens with zero attached hydrogens (tertiary/aromatic N) is 1. The molecule has 1 aromatic heterocycles. The summed E-state index contributed by atoms with van der Waals surface area (Å²) in [6.45, 7) is 3.73. The van der Waals surface area contributed by atoms with Crippen LogP contribution < -0.4 is 14.8 Å². The molecule has 2 aromatic rings. The van der Waals surface area contributed by atoms with Crippen LogP contribution in [0.15, 0.2) is 53.3 Å². The highest BCUT2D eigenvalue weighted by atomic mass is 16.6. The maximum atomic E-state index is 11.4. The fourth-order valence-electron chi connectivity index (χ4n) is 3.36. The van der Waals surface area contributed by atoms with E-state index in [9.17, 15) is 9.59 Å². The van der Waals surface area contributed by atoms with Gasteiger partial charge in [0.25, 0.3) is 0 Å². The summed E-state index contributed by atoms with van der Waals surface area (Å²) in [5.74, 6) is 1.89. The van der Waals surface area contributed by atoms with Gasteiger partial charge in [-0.3, -0.25) is 0 Å². The van der Waals surface area contributed by atoms with E-state index in [-0.39, 0.29) is 6.10 Å². The number of cyclic esters (lactones) is 2. The number of ether oxygens (including phenoxy) is 3. The van der Waals surface area contributed by atoms with Gasteiger partial charge in [0.15, 0.2) is 6.39 Å². The van der Waals surface area contributed by atoms with Crippen LogP contribution in [0.1, 0.15) is 30.0 Å². The number of alkyl carbamates (subject to hydrolysis) is 1. The smallest absolute Gasteiger partial charge is 0.415 e. The average molecular weight is 422 g/mol. The van der Waals surface area contributed by atoms with E-state index in [2.05, 4.69) is 27.2 Å². The highest BCUT2D eigenvalue weighted by Crippen LogP contribution is 2.24. The summed E-state index contributed by atoms with van der Waals surface area (Å²) in [5, 5.41) is 5.08. The molecule has 2 aliphatic carbocycles. The number of benzene rings is 2. The number of carbonyl (C=O) groups excluding carboxylic acids is 2. The topological polar surface area (TPSA) is 99.9 Å². The van der Waals surface area contributed by atoms with Crippen molar-refractivity contribution >= 4 is 12.1 Å². The Hall–Kier alpha value is -3.81. The second kappa shape index (κ2) is 8.51. The first-order chi connectivity index (χ1) is 14.9. The summed E-state index contributed by atoms with van der Waals surface area (Å²) < 4.78 is 20.4. The van der Waals surface area contributed by atoms with Gasteiger partial charge in [0.1, 0.15) is 35.1 Å². The molecule has 5 rings (SSSR count). The largest absolute Gasteiger partial charge is 0.496 e. The minimum atomic E-state index is -0.697. The molecule has 1 N–H and O–H groups in total. The molecule has 0 radical (unpaired) electrons. The molecular formula is C23H22N2O6. The number of aryl methyl sites for hydroxylation is 1. The molecule has 0 spiro atoms. The van der Waals surface area contributed by atoms with Crippen molar-refractivity contribution in [2.24, 2.45) is 0 Å². The van der Waals surface area contributed by atoms with Crippen molar-refractivity contribution in [3.05, 3.63) is 76.3 Å². The van der Waals surface area contributed by atoms with Crippen LogP contribution >= 0.6 is 0 Å². The molecule has 160 valence electrons. The molecule has 2 atom stereocenters. The number of methoxy groups -OCH3 is 1. The third-order valence-electron chi connectivity index (χ3n) is 5.13. The molecular weight excluding hydrogens is 400 g/mol. The van der Waals surface area contributed by atoms with Crippen LogP contribution in [0.5, 0.6) is 11.5 Å². The molecule has 1 aliphatic heterocycles. The van der Waals surface area contributed by atoms with Crippen LogP contribution in [0.3, 0.4) is 0 Å². The number of carbonyl (C=O) groups is 2. The second-order valence-electron chi connectivity index (χ2n) is 7.22. The average Bonchev–Trinajstić information content (AvgIpc) is 3.30. The molecule has 2 unspecified atom stereocenters. The van der Waals surface area contributed by atoms with Crippen molar-refractivity contribution in [2.75, 3.05) is 7.11 Å². The standard InChI is InChI=1S/C16H16N2O5.C7H6O/c1-9-14(17-8-21-9)10(2)22-12-5-3-11(4-6-12)7-13-15(19)23-16(20)18-13;1-8-7-4-5-2-3-6(5)7/h3-6,8,10,13H,7H2,1-2H3,(H,18,20);2-4H,1H3. The minimum absolute atomic E-state index is 0.233. The zero-order chi connectivity index (χ0) is 22.0. The molecule has 0 saturated carbocycles. The summed E-state index contributed by atoms with van der Waals surface area (Å²) in [7, 11) is 1.70. The molecule has 8 heteroatoms. The Morgan fingerprint density at radius 3 is 2.39 bits per heavy atom. The Morgan fingerprint density at radius 2 is 1.94 bits per heavy atom. The summed E-state index contributed by atoms with van der Waals surface area (Å²) in [6, 6.07) is 12.9. The van der Waals surface area contributed by atoms with E-state index < -0.39 is 18.1 Å². The predicted molar refractivity (Wildman–Crippen MR) is 110 cm³/mol. The summed E-state index contributed by atoms with van der Waals surface area (Å²) in [5.41, 5.74) is 1.65. The lowest BCUT2D eigenvalue weighted by molar-refractivity contribution is -0.135. The summed E-state index contributed by atoms with van der Waals surface area (Å²) in [6.07, 6.45) is 0.839. The Labute approximate surface area is 178 Å². The third kappa shape index (κ3) is 4.37. The first kappa shape index (κ1) is 20.5. The van der Waals surface area contributed by atoms with E-state index in [4.69, 9.17) is 13.9 Å². The van der Waals surface area contributed by atoms with E-state index in [0.717, 1.165) is 22.8 Å². The van der Waals surface area contributed by atoms with E-state index in [1.165, 1.54) is 16.8 Å². The van der Waals surface area contributed by atoms with Gasteiger partial charge in [0.05, 0.1) is 7.11 Å². The SMILES string of the molecule is COc1cc2ccc1=2.Cc1ocnc1C(C)Oc1ccc(CC2NC(=O)OC2=O)cc1. The molecule has 2 heterocycles. The third-order valence-corrected chi connectivity index (χ3v) is 5.13. The van der Waals surface area contributed by atoms with Crippen LogP contribution in [0.25, 0.3) is 0 Å². The molecule has 1 aromatic carbocycles. The van der Waals surface area contributed by atoms with E-state index in [1.54, 1.807) is 7.11 Å². The predicted octanol–water partition coefficient (Wildman–Crippen LogP) is 3.60. The van der Waals surface area contributed by atoms with Crippen LogP contribution in [0.2, 0.25) is 0 Å². The molecule has 1 amide bonds. The van der Waals surface area contributed by atoms with Gasteiger partial charge in [-0.2, -0.15) is 0 Å². The normalized spacial score (nSPS) is 16.5. The van der Waals surface area contributed by atoms with Gasteiger partial charge in [-0.05, 0) is 42.8 Å². The van der Waals surface area contributed by atoms with Gasteiger partial charge in [-0.15, -0.1) is 0 Å². The zero-order valence-corrected chi connectivity index (χ0v) is 17.4. The second-order valence-corrected chi connectivity index (χ2v) is 7.22. The molecule has 0 bridgehead atoms. The number of oxazole rings is 1. The number of rotatable bonds is 6. The maximum absolute atomic E-state index is 11.4. The number of amides is 1. The number of esters is 1. The monoisotopic (exact) mass is 422 g/mol. The Kier molecular flexibility index (Phi) is 5.62. The highest BCUT2D eigenvalue weighted by molar-refractivity contribution is 5.95. The van der Waals surface area contributed by atoms with Crippen molar-refractivity contribution in [1.82, 2.24) is 10.3 Å². The first-order valence-corrected chi connectivity index (χ1v) is 9.80. The lowest BCUT2D eigenvalue weighted by atomic mass is 10.1. The van der Waals surface area contributed by atoms with Gasteiger partial charge in [0, 0.05) is 11.6 Å². The number of hydrogen-bond acceptors (Lipinski definition) is 7. The van der Waals surface area contributed by atoms with E-state index in [0.29, 0.717) is 12.2 Å². The van der Waals surface area contributed by atoms with Crippen molar-refractivity contribution in [3.63, 3.8) is 0 Å². The number of nitrogens with one attached hydrogen (secondary N) is 1. The minimum Gasteiger partial charge on any atom is -0.496 e. The molecule has 1 saturated heterocycles. The quantitative estimate of drug-likeness (QED) is 0.374. The molecule has 31 heavy (non-hydrogen) atoms. The van der Waals surface area contributed by atoms with Gasteiger partial charge < -0.3 is 23.9 Å². The van der Waals surface area contributed by atoms with Gasteiger partial charge in [-0.1, -0.05) is 24.3 Å². The Balaban J connectivity index is 0.000000239. The lowest BCUT2D eigenvalue weighted by Crippen LogP contribution is -2.30. The highest BCUT2D eigenvalue weighted by Gasteiger charge is 2.32. The lowest BCUT2D eigenvalue weighted by Gasteiger charge is -2.13. The van der Waals surface area contributed by atoms with Gasteiger partial charge in [0.2, 0.25) is 0 Å². The fraction of sp³-hybridized carbons (Fsp3) is 0.261. The van der Waals surface area contributed by atoms with Crippen LogP contribution in [0, 0.1) is 17.4 Å². The van der Waals surface area contributed by atoms with Gasteiger partial charge >= 0.3 is 12.1 Å². The zero-order valence-electron chi connectivity index (χ0n) is 17.4.